The molecule has 8 nitrogen and oxygen atoms in total. The van der Waals surface area contributed by atoms with Crippen LogP contribution in [0.5, 0.6) is 11.5 Å². The van der Waals surface area contributed by atoms with Crippen molar-refractivity contribution in [2.24, 2.45) is 0 Å². The molecular weight excluding hydrogens is 392 g/mol. The maximum Gasteiger partial charge on any atom is 0.270 e. The molecule has 9 heteroatoms. The lowest BCUT2D eigenvalue weighted by atomic mass is 10.1. The van der Waals surface area contributed by atoms with Gasteiger partial charge in [0.25, 0.3) is 5.56 Å². The average Bonchev–Trinajstić information content (AvgIpc) is 3.13. The number of benzene rings is 1. The van der Waals surface area contributed by atoms with Crippen LogP contribution in [0.4, 0.5) is 5.13 Å². The zero-order chi connectivity index (χ0) is 20.8. The lowest BCUT2D eigenvalue weighted by Crippen LogP contribution is -2.24. The van der Waals surface area contributed by atoms with Crippen molar-refractivity contribution in [3.63, 3.8) is 0 Å². The third kappa shape index (κ3) is 5.20. The van der Waals surface area contributed by atoms with E-state index in [0.717, 1.165) is 16.2 Å². The Morgan fingerprint density at radius 2 is 1.97 bits per heavy atom. The summed E-state index contributed by atoms with van der Waals surface area (Å²) in [5.41, 5.74) is 1.07. The topological polar surface area (TPSA) is 95.3 Å². The van der Waals surface area contributed by atoms with Crippen LogP contribution in [0.25, 0.3) is 11.3 Å². The van der Waals surface area contributed by atoms with E-state index in [1.165, 1.54) is 29.2 Å². The van der Waals surface area contributed by atoms with E-state index in [4.69, 9.17) is 9.47 Å². The fraction of sp³-hybridized carbons (Fsp3) is 0.300. The Bertz CT molecular complexity index is 1040. The van der Waals surface area contributed by atoms with Crippen molar-refractivity contribution < 1.29 is 14.3 Å². The Kier molecular flexibility index (Phi) is 6.61. The van der Waals surface area contributed by atoms with Crippen LogP contribution in [0.2, 0.25) is 0 Å². The first kappa shape index (κ1) is 20.5. The average molecular weight is 414 g/mol. The van der Waals surface area contributed by atoms with Crippen molar-refractivity contribution in [1.82, 2.24) is 14.8 Å². The van der Waals surface area contributed by atoms with Gasteiger partial charge in [-0.15, -0.1) is 11.3 Å². The Hall–Kier alpha value is -3.20. The van der Waals surface area contributed by atoms with Crippen LogP contribution >= 0.6 is 11.3 Å². The molecule has 0 radical (unpaired) electrons. The van der Waals surface area contributed by atoms with E-state index in [9.17, 15) is 9.59 Å². The molecular formula is C20H22N4O4S. The molecule has 0 spiro atoms. The molecule has 2 aromatic heterocycles. The van der Waals surface area contributed by atoms with Gasteiger partial charge in [0.05, 0.1) is 14.2 Å². The van der Waals surface area contributed by atoms with E-state index < -0.39 is 0 Å². The number of carbonyl (C=O) groups is 1. The van der Waals surface area contributed by atoms with E-state index in [1.54, 1.807) is 13.3 Å². The second-order valence-electron chi connectivity index (χ2n) is 6.28. The zero-order valence-corrected chi connectivity index (χ0v) is 17.3. The molecule has 0 bridgehead atoms. The van der Waals surface area contributed by atoms with E-state index in [-0.39, 0.29) is 17.9 Å². The molecule has 29 heavy (non-hydrogen) atoms. The minimum atomic E-state index is -0.282. The fourth-order valence-corrected chi connectivity index (χ4v) is 3.40. The Morgan fingerprint density at radius 3 is 2.59 bits per heavy atom. The van der Waals surface area contributed by atoms with Crippen molar-refractivity contribution in [3.8, 4) is 22.8 Å². The molecule has 3 aromatic rings. The second-order valence-corrected chi connectivity index (χ2v) is 7.51. The van der Waals surface area contributed by atoms with E-state index in [2.05, 4.69) is 15.4 Å². The molecule has 0 unspecified atom stereocenters. The van der Waals surface area contributed by atoms with Crippen LogP contribution < -0.4 is 20.3 Å². The molecule has 2 heterocycles. The first-order valence-corrected chi connectivity index (χ1v) is 9.84. The van der Waals surface area contributed by atoms with Crippen molar-refractivity contribution in [1.29, 1.82) is 0 Å². The SMILES string of the molecule is COc1ccc(-c2nn(CCCC(=O)Nc3ncc(C)s3)c(=O)cc2OC)cc1. The molecule has 3 rings (SSSR count). The molecule has 0 fully saturated rings. The highest BCUT2D eigenvalue weighted by atomic mass is 32.1. The molecule has 0 aliphatic heterocycles. The van der Waals surface area contributed by atoms with E-state index in [1.807, 2.05) is 31.2 Å². The molecule has 1 N–H and O–H groups in total. The maximum absolute atomic E-state index is 12.3. The first-order valence-electron chi connectivity index (χ1n) is 9.03. The van der Waals surface area contributed by atoms with Gasteiger partial charge in [-0.05, 0) is 37.6 Å². The number of thiazole rings is 1. The van der Waals surface area contributed by atoms with Crippen LogP contribution in [-0.4, -0.2) is 34.9 Å². The van der Waals surface area contributed by atoms with Crippen molar-refractivity contribution in [2.75, 3.05) is 19.5 Å². The number of aromatic nitrogens is 3. The predicted molar refractivity (Wildman–Crippen MR) is 112 cm³/mol. The number of methoxy groups -OCH3 is 2. The second kappa shape index (κ2) is 9.33. The largest absolute Gasteiger partial charge is 0.497 e. The highest BCUT2D eigenvalue weighted by Crippen LogP contribution is 2.27. The summed E-state index contributed by atoms with van der Waals surface area (Å²) in [6, 6.07) is 8.74. The zero-order valence-electron chi connectivity index (χ0n) is 16.5. The van der Waals surface area contributed by atoms with Gasteiger partial charge in [-0.2, -0.15) is 5.10 Å². The summed E-state index contributed by atoms with van der Waals surface area (Å²) in [5.74, 6) is 0.979. The standard InChI is InChI=1S/C20H22N4O4S/c1-13-12-21-20(29-13)22-17(25)5-4-10-24-18(26)11-16(28-3)19(23-24)14-6-8-15(27-2)9-7-14/h6-9,11-12H,4-5,10H2,1-3H3,(H,21,22,25). The Labute approximate surface area is 172 Å². The maximum atomic E-state index is 12.3. The van der Waals surface area contributed by atoms with Gasteiger partial charge < -0.3 is 14.8 Å². The summed E-state index contributed by atoms with van der Waals surface area (Å²) in [7, 11) is 3.10. The van der Waals surface area contributed by atoms with Gasteiger partial charge in [0.2, 0.25) is 5.91 Å². The molecule has 0 saturated carbocycles. The number of anilines is 1. The fourth-order valence-electron chi connectivity index (χ4n) is 2.72. The minimum absolute atomic E-state index is 0.142. The van der Waals surface area contributed by atoms with Crippen LogP contribution in [0, 0.1) is 6.92 Å². The summed E-state index contributed by atoms with van der Waals surface area (Å²) in [5, 5.41) is 7.79. The number of nitrogens with zero attached hydrogens (tertiary/aromatic N) is 3. The first-order chi connectivity index (χ1) is 14.0. The lowest BCUT2D eigenvalue weighted by molar-refractivity contribution is -0.116. The number of amides is 1. The number of ether oxygens (including phenoxy) is 2. The quantitative estimate of drug-likeness (QED) is 0.609. The summed E-state index contributed by atoms with van der Waals surface area (Å²) in [4.78, 5) is 29.5. The molecule has 0 atom stereocenters. The summed E-state index contributed by atoms with van der Waals surface area (Å²) in [6.07, 6.45) is 2.44. The van der Waals surface area contributed by atoms with Crippen LogP contribution in [0.1, 0.15) is 17.7 Å². The van der Waals surface area contributed by atoms with Gasteiger partial charge >= 0.3 is 0 Å². The summed E-state index contributed by atoms with van der Waals surface area (Å²) in [6.45, 7) is 2.24. The third-order valence-electron chi connectivity index (χ3n) is 4.19. The lowest BCUT2D eigenvalue weighted by Gasteiger charge is -2.11. The van der Waals surface area contributed by atoms with Gasteiger partial charge in [0, 0.05) is 35.7 Å². The Morgan fingerprint density at radius 1 is 1.21 bits per heavy atom. The summed E-state index contributed by atoms with van der Waals surface area (Å²) < 4.78 is 11.9. The van der Waals surface area contributed by atoms with Crippen molar-refractivity contribution in [2.45, 2.75) is 26.3 Å². The molecule has 0 aliphatic carbocycles. The van der Waals surface area contributed by atoms with Gasteiger partial charge in [0.15, 0.2) is 10.9 Å². The minimum Gasteiger partial charge on any atom is -0.497 e. The predicted octanol–water partition coefficient (Wildman–Crippen LogP) is 3.11. The molecule has 152 valence electrons. The highest BCUT2D eigenvalue weighted by molar-refractivity contribution is 7.15. The third-order valence-corrected chi connectivity index (χ3v) is 5.02. The molecule has 0 aliphatic rings. The smallest absolute Gasteiger partial charge is 0.270 e. The van der Waals surface area contributed by atoms with Crippen molar-refractivity contribution >= 4 is 22.4 Å². The molecule has 1 amide bonds. The monoisotopic (exact) mass is 414 g/mol. The van der Waals surface area contributed by atoms with Gasteiger partial charge in [0.1, 0.15) is 11.4 Å². The number of nitrogens with one attached hydrogen (secondary N) is 1. The number of carbonyl (C=O) groups excluding carboxylic acids is 1. The number of hydrogen-bond donors (Lipinski definition) is 1. The number of aryl methyl sites for hydroxylation is 2. The number of rotatable bonds is 8. The highest BCUT2D eigenvalue weighted by Gasteiger charge is 2.13. The van der Waals surface area contributed by atoms with Crippen molar-refractivity contribution in [3.05, 3.63) is 51.8 Å². The van der Waals surface area contributed by atoms with Crippen LogP contribution in [0.3, 0.4) is 0 Å². The van der Waals surface area contributed by atoms with Gasteiger partial charge in [-0.3, -0.25) is 9.59 Å². The van der Waals surface area contributed by atoms with Gasteiger partial charge in [-0.25, -0.2) is 9.67 Å². The number of hydrogen-bond acceptors (Lipinski definition) is 7. The normalized spacial score (nSPS) is 10.6. The van der Waals surface area contributed by atoms with Gasteiger partial charge in [-0.1, -0.05) is 0 Å². The van der Waals surface area contributed by atoms with Crippen LogP contribution in [-0.2, 0) is 11.3 Å². The van der Waals surface area contributed by atoms with E-state index in [0.29, 0.717) is 29.5 Å². The summed E-state index contributed by atoms with van der Waals surface area (Å²) >= 11 is 1.42. The van der Waals surface area contributed by atoms with E-state index >= 15 is 0 Å². The molecule has 1 aromatic carbocycles. The molecule has 0 saturated heterocycles. The Balaban J connectivity index is 1.70. The van der Waals surface area contributed by atoms with Crippen LogP contribution in [0.15, 0.2) is 41.3 Å².